The van der Waals surface area contributed by atoms with Crippen molar-refractivity contribution in [3.8, 4) is 5.75 Å². The van der Waals surface area contributed by atoms with Crippen LogP contribution in [-0.2, 0) is 14.0 Å². The van der Waals surface area contributed by atoms with Crippen LogP contribution in [0.15, 0.2) is 23.3 Å². The van der Waals surface area contributed by atoms with Crippen molar-refractivity contribution in [3.63, 3.8) is 0 Å². The molecule has 0 aliphatic carbocycles. The average Bonchev–Trinajstić information content (AvgIpc) is 2.58. The van der Waals surface area contributed by atoms with E-state index in [1.807, 2.05) is 6.92 Å². The zero-order chi connectivity index (χ0) is 21.7. The normalized spacial score (nSPS) is 14.3. The van der Waals surface area contributed by atoms with Gasteiger partial charge in [-0.25, -0.2) is 0 Å². The van der Waals surface area contributed by atoms with Gasteiger partial charge in [-0.05, 0) is 47.4 Å². The van der Waals surface area contributed by atoms with E-state index in [9.17, 15) is 4.79 Å². The van der Waals surface area contributed by atoms with E-state index in [1.165, 1.54) is 6.92 Å². The molecule has 0 spiro atoms. The van der Waals surface area contributed by atoms with E-state index < -0.39 is 14.4 Å². The fraction of sp³-hybridized carbons (Fsp3) is 0.619. The van der Waals surface area contributed by atoms with Crippen molar-refractivity contribution in [2.24, 2.45) is 5.92 Å². The van der Waals surface area contributed by atoms with Crippen LogP contribution in [0.1, 0.15) is 51.5 Å². The molecule has 0 bridgehead atoms. The zero-order valence-corrected chi connectivity index (χ0v) is 21.0. The minimum absolute atomic E-state index is 0.138. The molecular formula is C21H34BrNO4Si. The molecule has 0 radical (unpaired) electrons. The van der Waals surface area contributed by atoms with Crippen LogP contribution in [0.25, 0.3) is 0 Å². The molecule has 1 heterocycles. The van der Waals surface area contributed by atoms with Gasteiger partial charge in [-0.15, -0.1) is 6.58 Å². The molecule has 0 fully saturated rings. The molecule has 0 aliphatic heterocycles. The van der Waals surface area contributed by atoms with Gasteiger partial charge in [0.05, 0.1) is 7.11 Å². The summed E-state index contributed by atoms with van der Waals surface area (Å²) in [4.78, 5) is 16.3. The first-order valence-corrected chi connectivity index (χ1v) is 13.2. The Hall–Kier alpha value is -1.18. The Labute approximate surface area is 179 Å². The molecule has 0 aliphatic rings. The number of rotatable bonds is 9. The molecule has 0 saturated heterocycles. The minimum atomic E-state index is -1.85. The van der Waals surface area contributed by atoms with E-state index in [0.29, 0.717) is 24.5 Å². The molecule has 1 aromatic heterocycles. The summed E-state index contributed by atoms with van der Waals surface area (Å²) >= 11 is 3.47. The molecule has 0 aromatic carbocycles. The first kappa shape index (κ1) is 24.9. The summed E-state index contributed by atoms with van der Waals surface area (Å²) in [7, 11) is -0.262. The highest BCUT2D eigenvalue weighted by Gasteiger charge is 2.37. The summed E-state index contributed by atoms with van der Waals surface area (Å²) in [5.74, 6) is 0.0972. The van der Waals surface area contributed by atoms with Gasteiger partial charge in [-0.3, -0.25) is 9.78 Å². The summed E-state index contributed by atoms with van der Waals surface area (Å²) in [5.41, 5.74) is 1.50. The van der Waals surface area contributed by atoms with E-state index in [1.54, 1.807) is 19.4 Å². The summed E-state index contributed by atoms with van der Waals surface area (Å²) < 4.78 is 18.4. The molecule has 0 amide bonds. The first-order valence-electron chi connectivity index (χ1n) is 9.48. The zero-order valence-electron chi connectivity index (χ0n) is 18.4. The number of halogens is 1. The summed E-state index contributed by atoms with van der Waals surface area (Å²) in [5, 5.41) is 0.138. The maximum absolute atomic E-state index is 11.8. The van der Waals surface area contributed by atoms with Crippen LogP contribution >= 0.6 is 15.9 Å². The number of carbonyl (C=O) groups excluding carboxylic acids is 1. The van der Waals surface area contributed by atoms with Crippen molar-refractivity contribution in [2.45, 2.75) is 65.3 Å². The lowest BCUT2D eigenvalue weighted by Crippen LogP contribution is -2.41. The first-order chi connectivity index (χ1) is 12.9. The highest BCUT2D eigenvalue weighted by molar-refractivity contribution is 9.10. The van der Waals surface area contributed by atoms with Gasteiger partial charge in [0.1, 0.15) is 11.4 Å². The van der Waals surface area contributed by atoms with Gasteiger partial charge < -0.3 is 13.9 Å². The highest BCUT2D eigenvalue weighted by Crippen LogP contribution is 2.39. The van der Waals surface area contributed by atoms with Crippen molar-refractivity contribution in [3.05, 3.63) is 34.6 Å². The second kappa shape index (κ2) is 10.0. The van der Waals surface area contributed by atoms with E-state index >= 15 is 0 Å². The van der Waals surface area contributed by atoms with E-state index in [-0.39, 0.29) is 16.9 Å². The Bertz CT molecular complexity index is 700. The third-order valence-electron chi connectivity index (χ3n) is 5.43. The second-order valence-electron chi connectivity index (χ2n) is 8.48. The van der Waals surface area contributed by atoms with Crippen molar-refractivity contribution in [1.82, 2.24) is 4.98 Å². The van der Waals surface area contributed by atoms with Crippen molar-refractivity contribution >= 4 is 30.2 Å². The Kier molecular flexibility index (Phi) is 8.90. The predicted octanol–water partition coefficient (Wildman–Crippen LogP) is 5.98. The summed E-state index contributed by atoms with van der Waals surface area (Å²) in [6.07, 6.45) is 3.60. The van der Waals surface area contributed by atoms with Gasteiger partial charge in [0.15, 0.2) is 14.4 Å². The molecule has 158 valence electrons. The van der Waals surface area contributed by atoms with Crippen LogP contribution in [-0.4, -0.2) is 33.0 Å². The van der Waals surface area contributed by atoms with Gasteiger partial charge in [0, 0.05) is 35.7 Å². The third-order valence-corrected chi connectivity index (χ3v) is 10.8. The number of pyridine rings is 1. The molecule has 1 rings (SSSR count). The fourth-order valence-electron chi connectivity index (χ4n) is 2.63. The topological polar surface area (TPSA) is 57.7 Å². The lowest BCUT2D eigenvalue weighted by molar-refractivity contribution is -0.149. The predicted molar refractivity (Wildman–Crippen MR) is 119 cm³/mol. The quantitative estimate of drug-likeness (QED) is 0.251. The van der Waals surface area contributed by atoms with Crippen molar-refractivity contribution < 1.29 is 18.7 Å². The van der Waals surface area contributed by atoms with Crippen molar-refractivity contribution in [2.75, 3.05) is 13.7 Å². The van der Waals surface area contributed by atoms with E-state index in [0.717, 1.165) is 10.0 Å². The number of methoxy groups -OCH3 is 1. The molecule has 0 saturated carbocycles. The number of ether oxygens (including phenoxy) is 2. The molecule has 1 aromatic rings. The Morgan fingerprint density at radius 1 is 1.39 bits per heavy atom. The Balaban J connectivity index is 3.13. The van der Waals surface area contributed by atoms with E-state index in [4.69, 9.17) is 13.9 Å². The number of carbonyl (C=O) groups is 1. The van der Waals surface area contributed by atoms with Crippen molar-refractivity contribution in [1.29, 1.82) is 0 Å². The van der Waals surface area contributed by atoms with Gasteiger partial charge in [0.2, 0.25) is 0 Å². The lowest BCUT2D eigenvalue weighted by atomic mass is 9.94. The van der Waals surface area contributed by atoms with Crippen LogP contribution in [0.2, 0.25) is 18.1 Å². The third kappa shape index (κ3) is 6.16. The number of aromatic nitrogens is 1. The molecule has 7 heteroatoms. The summed E-state index contributed by atoms with van der Waals surface area (Å²) in [6.45, 7) is 19.0. The maximum Gasteiger partial charge on any atom is 0.303 e. The number of hydrogen-bond acceptors (Lipinski definition) is 5. The molecule has 2 atom stereocenters. The standard InChI is InChI=1S/C21H34BrNO4Si/c1-10-16(11-12-26-28(8,9)21(4,5)6)20(27-15(3)24)18-19(25-7)14(2)17(22)13-23-18/h10,13,16,20H,1,11-12H2,2-9H3. The highest BCUT2D eigenvalue weighted by atomic mass is 79.9. The fourth-order valence-corrected chi connectivity index (χ4v) is 3.97. The van der Waals surface area contributed by atoms with Crippen LogP contribution in [0, 0.1) is 12.8 Å². The molecule has 2 unspecified atom stereocenters. The Morgan fingerprint density at radius 3 is 2.46 bits per heavy atom. The van der Waals surface area contributed by atoms with Crippen LogP contribution < -0.4 is 4.74 Å². The molecule has 28 heavy (non-hydrogen) atoms. The maximum atomic E-state index is 11.8. The number of esters is 1. The lowest BCUT2D eigenvalue weighted by Gasteiger charge is -2.36. The van der Waals surface area contributed by atoms with Crippen LogP contribution in [0.5, 0.6) is 5.75 Å². The molecule has 0 N–H and O–H groups in total. The second-order valence-corrected chi connectivity index (χ2v) is 14.1. The van der Waals surface area contributed by atoms with Crippen LogP contribution in [0.4, 0.5) is 0 Å². The van der Waals surface area contributed by atoms with Gasteiger partial charge >= 0.3 is 5.97 Å². The number of nitrogens with zero attached hydrogens (tertiary/aromatic N) is 1. The van der Waals surface area contributed by atoms with Gasteiger partial charge in [-0.1, -0.05) is 26.8 Å². The minimum Gasteiger partial charge on any atom is -0.494 e. The SMILES string of the molecule is C=CC(CCO[Si](C)(C)C(C)(C)C)C(OC(C)=O)c1ncc(Br)c(C)c1OC. The average molecular weight is 472 g/mol. The number of hydrogen-bond donors (Lipinski definition) is 0. The molecular weight excluding hydrogens is 438 g/mol. The van der Waals surface area contributed by atoms with Gasteiger partial charge in [-0.2, -0.15) is 0 Å². The van der Waals surface area contributed by atoms with E-state index in [2.05, 4.69) is 61.4 Å². The smallest absolute Gasteiger partial charge is 0.303 e. The largest absolute Gasteiger partial charge is 0.494 e. The van der Waals surface area contributed by atoms with Gasteiger partial charge in [0.25, 0.3) is 0 Å². The Morgan fingerprint density at radius 2 is 2.00 bits per heavy atom. The monoisotopic (exact) mass is 471 g/mol. The van der Waals surface area contributed by atoms with Crippen LogP contribution in [0.3, 0.4) is 0 Å². The summed E-state index contributed by atoms with van der Waals surface area (Å²) in [6, 6.07) is 0. The molecule has 5 nitrogen and oxygen atoms in total.